The van der Waals surface area contributed by atoms with Gasteiger partial charge in [0.15, 0.2) is 0 Å². The van der Waals surface area contributed by atoms with E-state index in [-0.39, 0.29) is 0 Å². The van der Waals surface area contributed by atoms with Gasteiger partial charge in [-0.05, 0) is 0 Å². The fraction of sp³-hybridized carbons (Fsp3) is 1.00. The molecule has 5 heteroatoms. The predicted molar refractivity (Wildman–Crippen MR) is 99.8 cm³/mol. The Labute approximate surface area is 145 Å². The van der Waals surface area contributed by atoms with Crippen molar-refractivity contribution in [3.8, 4) is 0 Å². The maximum Gasteiger partial charge on any atom is 0.668 e. The first-order valence-corrected chi connectivity index (χ1v) is 11.6. The van der Waals surface area contributed by atoms with E-state index in [1.54, 1.807) is 0 Å². The van der Waals surface area contributed by atoms with Crippen LogP contribution in [0.1, 0.15) is 117 Å². The lowest BCUT2D eigenvalue weighted by Gasteiger charge is -2.03. The fourth-order valence-corrected chi connectivity index (χ4v) is 2.62. The Morgan fingerprint density at radius 3 is 0.652 bits per heavy atom. The van der Waals surface area contributed by atoms with Gasteiger partial charge in [-0.1, -0.05) is 117 Å². The smallest absolute Gasteiger partial charge is 0.368 e. The third kappa shape index (κ3) is 39.1. The second-order valence-electron chi connectivity index (χ2n) is 6.55. The minimum atomic E-state index is -4.61. The van der Waals surface area contributed by atoms with Crippen LogP contribution in [0, 0.1) is 0 Å². The zero-order valence-electron chi connectivity index (χ0n) is 15.6. The highest BCUT2D eigenvalue weighted by Crippen LogP contribution is 2.13. The van der Waals surface area contributed by atoms with Gasteiger partial charge < -0.3 is 19.2 Å². The summed E-state index contributed by atoms with van der Waals surface area (Å²) in [5.41, 5.74) is 0. The number of hydrogen-bond acceptors (Lipinski definition) is 4. The Hall–Kier alpha value is 0.0569. The van der Waals surface area contributed by atoms with Gasteiger partial charge in [-0.3, -0.25) is 0 Å². The van der Waals surface area contributed by atoms with Gasteiger partial charge >= 0.3 is 9.05 Å². The van der Waals surface area contributed by atoms with Crippen LogP contribution in [0.3, 0.4) is 0 Å². The summed E-state index contributed by atoms with van der Waals surface area (Å²) in [7, 11) is -4.61. The topological polar surface area (TPSA) is 80.9 Å². The summed E-state index contributed by atoms with van der Waals surface area (Å²) in [4.78, 5) is 29.3. The van der Waals surface area contributed by atoms with Gasteiger partial charge in [0.2, 0.25) is 0 Å². The quantitative estimate of drug-likeness (QED) is 0.256. The molecule has 0 bridgehead atoms. The molecule has 0 aromatic carbocycles. The van der Waals surface area contributed by atoms with Crippen LogP contribution < -0.4 is 0 Å². The molecule has 0 aromatic heterocycles. The number of unbranched alkanes of at least 4 members (excludes halogenated alkanes) is 15. The van der Waals surface area contributed by atoms with E-state index in [1.165, 1.54) is 103 Å². The second kappa shape index (κ2) is 20.1. The molecule has 142 valence electrons. The van der Waals surface area contributed by atoms with Crippen molar-refractivity contribution in [2.75, 3.05) is 0 Å². The van der Waals surface area contributed by atoms with Crippen molar-refractivity contribution in [2.24, 2.45) is 0 Å². The predicted octanol–water partition coefficient (Wildman–Crippen LogP) is 4.66. The highest BCUT2D eigenvalue weighted by atomic mass is 28.4. The maximum absolute atomic E-state index is 7.33. The molecule has 0 aromatic rings. The van der Waals surface area contributed by atoms with Crippen LogP contribution in [0.25, 0.3) is 0 Å². The molecule has 0 amide bonds. The van der Waals surface area contributed by atoms with Crippen molar-refractivity contribution in [3.05, 3.63) is 0 Å². The lowest BCUT2D eigenvalue weighted by atomic mass is 10.0. The maximum atomic E-state index is 7.33. The summed E-state index contributed by atoms with van der Waals surface area (Å²) in [6, 6.07) is 0. The average molecular weight is 351 g/mol. The summed E-state index contributed by atoms with van der Waals surface area (Å²) in [5.74, 6) is 0. The second-order valence-corrected chi connectivity index (χ2v) is 7.75. The normalized spacial score (nSPS) is 11.2. The van der Waals surface area contributed by atoms with Crippen LogP contribution in [0.15, 0.2) is 0 Å². The van der Waals surface area contributed by atoms with E-state index in [2.05, 4.69) is 13.8 Å². The van der Waals surface area contributed by atoms with E-state index < -0.39 is 9.05 Å². The van der Waals surface area contributed by atoms with Crippen LogP contribution in [-0.2, 0) is 0 Å². The zero-order valence-corrected chi connectivity index (χ0v) is 16.6. The molecule has 4 nitrogen and oxygen atoms in total. The molecule has 0 aliphatic carbocycles. The molecule has 0 unspecified atom stereocenters. The van der Waals surface area contributed by atoms with Crippen molar-refractivity contribution in [3.63, 3.8) is 0 Å². The summed E-state index contributed by atoms with van der Waals surface area (Å²) in [6.45, 7) is 4.59. The van der Waals surface area contributed by atoms with Gasteiger partial charge in [0.1, 0.15) is 0 Å². The molecule has 0 saturated carbocycles. The number of hydrogen-bond donors (Lipinski definition) is 4. The minimum absolute atomic E-state index is 1.37. The Kier molecular flexibility index (Phi) is 22.1. The van der Waals surface area contributed by atoms with Crippen molar-refractivity contribution in [1.82, 2.24) is 0 Å². The van der Waals surface area contributed by atoms with Gasteiger partial charge in [0.05, 0.1) is 0 Å². The van der Waals surface area contributed by atoms with Crippen molar-refractivity contribution >= 4 is 9.05 Å². The van der Waals surface area contributed by atoms with E-state index in [0.29, 0.717) is 0 Å². The first-order chi connectivity index (χ1) is 10.9. The first-order valence-electron chi connectivity index (χ1n) is 9.81. The van der Waals surface area contributed by atoms with Crippen molar-refractivity contribution in [2.45, 2.75) is 117 Å². The molecule has 0 rings (SSSR count). The highest BCUT2D eigenvalue weighted by molar-refractivity contribution is 6.46. The van der Waals surface area contributed by atoms with Gasteiger partial charge in [0.25, 0.3) is 0 Å². The molecule has 0 saturated heterocycles. The third-order valence-corrected chi connectivity index (χ3v) is 3.96. The summed E-state index contributed by atoms with van der Waals surface area (Å²) >= 11 is 0. The van der Waals surface area contributed by atoms with Crippen LogP contribution in [0.5, 0.6) is 0 Å². The van der Waals surface area contributed by atoms with Crippen LogP contribution in [0.4, 0.5) is 0 Å². The Morgan fingerprint density at radius 2 is 0.522 bits per heavy atom. The van der Waals surface area contributed by atoms with E-state index in [1.807, 2.05) is 0 Å². The van der Waals surface area contributed by atoms with E-state index in [9.17, 15) is 0 Å². The third-order valence-electron chi connectivity index (χ3n) is 3.96. The van der Waals surface area contributed by atoms with Crippen molar-refractivity contribution < 1.29 is 19.2 Å². The molecule has 0 heterocycles. The highest BCUT2D eigenvalue weighted by Gasteiger charge is 2.22. The molecule has 0 spiro atoms. The molecular weight excluding hydrogens is 308 g/mol. The fourth-order valence-electron chi connectivity index (χ4n) is 2.62. The van der Waals surface area contributed by atoms with Crippen molar-refractivity contribution in [1.29, 1.82) is 0 Å². The van der Waals surface area contributed by atoms with E-state index in [0.717, 1.165) is 0 Å². The summed E-state index contributed by atoms with van der Waals surface area (Å²) in [6.07, 6.45) is 23.4. The van der Waals surface area contributed by atoms with Crippen LogP contribution in [0.2, 0.25) is 0 Å². The Bertz CT molecular complexity index is 186. The monoisotopic (exact) mass is 350 g/mol. The zero-order chi connectivity index (χ0) is 17.8. The molecule has 4 N–H and O–H groups in total. The average Bonchev–Trinajstić information content (AvgIpc) is 2.46. The summed E-state index contributed by atoms with van der Waals surface area (Å²) < 4.78 is 0. The standard InChI is InChI=1S/C18H38.H4O4Si/c1-3-5-7-9-11-13-15-17-18-16-14-12-10-8-6-4-2;1-5(2,3)4/h3-18H2,1-2H3;1-4H. The molecule has 0 atom stereocenters. The Morgan fingerprint density at radius 1 is 0.391 bits per heavy atom. The first kappa shape index (κ1) is 25.3. The Balaban J connectivity index is 0. The lowest BCUT2D eigenvalue weighted by Crippen LogP contribution is -2.33. The number of rotatable bonds is 15. The van der Waals surface area contributed by atoms with E-state index >= 15 is 0 Å². The molecule has 0 aliphatic rings. The van der Waals surface area contributed by atoms with Gasteiger partial charge in [-0.25, -0.2) is 0 Å². The SMILES string of the molecule is CCCCCCCCCCCCCCCCCC.O[Si](O)(O)O. The molecule has 0 radical (unpaired) electrons. The van der Waals surface area contributed by atoms with E-state index in [4.69, 9.17) is 19.2 Å². The molecule has 0 fully saturated rings. The van der Waals surface area contributed by atoms with Gasteiger partial charge in [-0.15, -0.1) is 0 Å². The minimum Gasteiger partial charge on any atom is -0.368 e. The largest absolute Gasteiger partial charge is 0.668 e. The van der Waals surface area contributed by atoms with Gasteiger partial charge in [0, 0.05) is 0 Å². The van der Waals surface area contributed by atoms with Crippen LogP contribution in [-0.4, -0.2) is 28.2 Å². The van der Waals surface area contributed by atoms with Gasteiger partial charge in [-0.2, -0.15) is 0 Å². The molecule has 23 heavy (non-hydrogen) atoms. The molecule has 0 aliphatic heterocycles. The van der Waals surface area contributed by atoms with Crippen LogP contribution >= 0.6 is 0 Å². The summed E-state index contributed by atoms with van der Waals surface area (Å²) in [5, 5.41) is 0. The molecular formula is C18H42O4Si. The lowest BCUT2D eigenvalue weighted by molar-refractivity contribution is 0.117.